The number of cyclic esters (lactones) is 2. The summed E-state index contributed by atoms with van der Waals surface area (Å²) < 4.78 is 14.2. The fraction of sp³-hybridized carbons (Fsp3) is 0.818. The molecule has 1 rings (SSSR count). The Labute approximate surface area is 101 Å². The maximum Gasteiger partial charge on any atom is 0.508 e. The molecule has 1 aliphatic rings. The summed E-state index contributed by atoms with van der Waals surface area (Å²) in [4.78, 5) is 21.8. The molecular formula is C11H19NO5. The second-order valence-corrected chi connectivity index (χ2v) is 3.84. The third-order valence-corrected chi connectivity index (χ3v) is 2.29. The number of ether oxygens (including phenoxy) is 3. The van der Waals surface area contributed by atoms with Gasteiger partial charge >= 0.3 is 12.1 Å². The summed E-state index contributed by atoms with van der Waals surface area (Å²) in [5, 5.41) is 3.14. The van der Waals surface area contributed by atoms with Crippen LogP contribution in [-0.2, 0) is 19.0 Å². The van der Waals surface area contributed by atoms with E-state index in [9.17, 15) is 9.59 Å². The summed E-state index contributed by atoms with van der Waals surface area (Å²) in [5.41, 5.74) is 0. The third-order valence-electron chi connectivity index (χ3n) is 2.29. The molecule has 0 aromatic rings. The quantitative estimate of drug-likeness (QED) is 0.504. The van der Waals surface area contributed by atoms with Crippen molar-refractivity contribution < 1.29 is 23.8 Å². The van der Waals surface area contributed by atoms with Gasteiger partial charge in [0.2, 0.25) is 0 Å². The summed E-state index contributed by atoms with van der Waals surface area (Å²) in [6.45, 7) is 3.86. The molecule has 0 spiro atoms. The zero-order valence-electron chi connectivity index (χ0n) is 10.1. The van der Waals surface area contributed by atoms with Crippen LogP contribution in [-0.4, -0.2) is 44.5 Å². The van der Waals surface area contributed by atoms with Crippen LogP contribution >= 0.6 is 0 Å². The lowest BCUT2D eigenvalue weighted by molar-refractivity contribution is -0.145. The van der Waals surface area contributed by atoms with Crippen molar-refractivity contribution in [1.82, 2.24) is 5.32 Å². The smallest absolute Gasteiger partial charge is 0.462 e. The average molecular weight is 245 g/mol. The molecule has 6 nitrogen and oxygen atoms in total. The van der Waals surface area contributed by atoms with Crippen LogP contribution in [0.15, 0.2) is 0 Å². The molecule has 0 aromatic carbocycles. The molecular weight excluding hydrogens is 226 g/mol. The highest BCUT2D eigenvalue weighted by molar-refractivity contribution is 5.69. The molecule has 1 atom stereocenters. The van der Waals surface area contributed by atoms with E-state index in [1.165, 1.54) is 0 Å². The molecule has 0 bridgehead atoms. The Morgan fingerprint density at radius 3 is 3.00 bits per heavy atom. The summed E-state index contributed by atoms with van der Waals surface area (Å²) in [6, 6.07) is 0. The standard InChI is InChI=1S/C11H19NO5/c1-2-3-5-12-6-4-10(13)15-7-9-8-16-11(14)17-9/h9,12H,2-8H2,1H3/t9-/m1/s1. The van der Waals surface area contributed by atoms with Gasteiger partial charge in [0.05, 0.1) is 6.42 Å². The summed E-state index contributed by atoms with van der Waals surface area (Å²) >= 11 is 0. The first kappa shape index (κ1) is 13.8. The Kier molecular flexibility index (Phi) is 6.39. The van der Waals surface area contributed by atoms with E-state index >= 15 is 0 Å². The Bertz CT molecular complexity index is 256. The van der Waals surface area contributed by atoms with Gasteiger partial charge in [0.15, 0.2) is 6.10 Å². The van der Waals surface area contributed by atoms with Crippen LogP contribution in [0.2, 0.25) is 0 Å². The van der Waals surface area contributed by atoms with Gasteiger partial charge in [0, 0.05) is 6.54 Å². The van der Waals surface area contributed by atoms with Crippen LogP contribution in [0.3, 0.4) is 0 Å². The first-order valence-electron chi connectivity index (χ1n) is 5.92. The molecule has 0 amide bonds. The molecule has 0 radical (unpaired) electrons. The van der Waals surface area contributed by atoms with E-state index in [4.69, 9.17) is 9.47 Å². The van der Waals surface area contributed by atoms with Crippen molar-refractivity contribution in [3.8, 4) is 0 Å². The number of rotatable bonds is 8. The van der Waals surface area contributed by atoms with Crippen LogP contribution in [0.4, 0.5) is 4.79 Å². The Balaban J connectivity index is 1.96. The van der Waals surface area contributed by atoms with E-state index in [-0.39, 0.29) is 19.2 Å². The predicted octanol–water partition coefficient (Wildman–Crippen LogP) is 0.845. The number of hydrogen-bond donors (Lipinski definition) is 1. The van der Waals surface area contributed by atoms with Crippen molar-refractivity contribution in [3.63, 3.8) is 0 Å². The second kappa shape index (κ2) is 7.89. The first-order valence-corrected chi connectivity index (χ1v) is 5.92. The van der Waals surface area contributed by atoms with Crippen LogP contribution in [0.25, 0.3) is 0 Å². The van der Waals surface area contributed by atoms with Gasteiger partial charge in [-0.25, -0.2) is 4.79 Å². The zero-order chi connectivity index (χ0) is 12.5. The number of esters is 1. The van der Waals surface area contributed by atoms with E-state index in [0.29, 0.717) is 13.0 Å². The Morgan fingerprint density at radius 2 is 2.35 bits per heavy atom. The summed E-state index contributed by atoms with van der Waals surface area (Å²) in [5.74, 6) is -0.294. The lowest BCUT2D eigenvalue weighted by atomic mass is 10.3. The van der Waals surface area contributed by atoms with Gasteiger partial charge < -0.3 is 19.5 Å². The van der Waals surface area contributed by atoms with Crippen molar-refractivity contribution in [1.29, 1.82) is 0 Å². The minimum Gasteiger partial charge on any atom is -0.462 e. The second-order valence-electron chi connectivity index (χ2n) is 3.84. The number of unbranched alkanes of at least 4 members (excludes halogenated alkanes) is 1. The molecule has 0 aliphatic carbocycles. The third kappa shape index (κ3) is 6.11. The fourth-order valence-corrected chi connectivity index (χ4v) is 1.32. The summed E-state index contributed by atoms with van der Waals surface area (Å²) in [6.07, 6.45) is 1.40. The van der Waals surface area contributed by atoms with Crippen LogP contribution in [0, 0.1) is 0 Å². The molecule has 98 valence electrons. The maximum atomic E-state index is 11.3. The van der Waals surface area contributed by atoms with Gasteiger partial charge in [-0.05, 0) is 13.0 Å². The molecule has 1 N–H and O–H groups in total. The fourth-order valence-electron chi connectivity index (χ4n) is 1.32. The SMILES string of the molecule is CCCCNCCC(=O)OC[C@@H]1COC(=O)O1. The molecule has 1 heterocycles. The average Bonchev–Trinajstić information content (AvgIpc) is 2.72. The van der Waals surface area contributed by atoms with E-state index < -0.39 is 12.3 Å². The number of hydrogen-bond acceptors (Lipinski definition) is 6. The highest BCUT2D eigenvalue weighted by Gasteiger charge is 2.25. The zero-order valence-corrected chi connectivity index (χ0v) is 10.1. The first-order chi connectivity index (χ1) is 8.22. The molecule has 1 fully saturated rings. The van der Waals surface area contributed by atoms with E-state index in [1.54, 1.807) is 0 Å². The Hall–Kier alpha value is -1.30. The van der Waals surface area contributed by atoms with Crippen LogP contribution < -0.4 is 5.32 Å². The molecule has 1 saturated heterocycles. The molecule has 1 aliphatic heterocycles. The van der Waals surface area contributed by atoms with Gasteiger partial charge in [-0.1, -0.05) is 13.3 Å². The van der Waals surface area contributed by atoms with Gasteiger partial charge in [-0.3, -0.25) is 4.79 Å². The van der Waals surface area contributed by atoms with Gasteiger partial charge in [-0.2, -0.15) is 0 Å². The lowest BCUT2D eigenvalue weighted by Crippen LogP contribution is -2.24. The molecule has 0 aromatic heterocycles. The normalized spacial score (nSPS) is 18.6. The molecule has 6 heteroatoms. The van der Waals surface area contributed by atoms with Crippen molar-refractivity contribution in [2.75, 3.05) is 26.3 Å². The monoisotopic (exact) mass is 245 g/mol. The molecule has 17 heavy (non-hydrogen) atoms. The Morgan fingerprint density at radius 1 is 1.53 bits per heavy atom. The van der Waals surface area contributed by atoms with E-state index in [1.807, 2.05) is 0 Å². The maximum absolute atomic E-state index is 11.3. The van der Waals surface area contributed by atoms with E-state index in [2.05, 4.69) is 17.0 Å². The van der Waals surface area contributed by atoms with E-state index in [0.717, 1.165) is 19.4 Å². The lowest BCUT2D eigenvalue weighted by Gasteiger charge is -2.08. The van der Waals surface area contributed by atoms with Crippen molar-refractivity contribution >= 4 is 12.1 Å². The van der Waals surface area contributed by atoms with Gasteiger partial charge in [-0.15, -0.1) is 0 Å². The number of carbonyl (C=O) groups is 2. The minimum atomic E-state index is -0.702. The van der Waals surface area contributed by atoms with Crippen LogP contribution in [0.1, 0.15) is 26.2 Å². The van der Waals surface area contributed by atoms with Crippen molar-refractivity contribution in [2.24, 2.45) is 0 Å². The number of nitrogens with one attached hydrogen (secondary N) is 1. The van der Waals surface area contributed by atoms with Crippen molar-refractivity contribution in [2.45, 2.75) is 32.3 Å². The molecule has 0 saturated carbocycles. The minimum absolute atomic E-state index is 0.0690. The van der Waals surface area contributed by atoms with Crippen LogP contribution in [0.5, 0.6) is 0 Å². The number of carbonyl (C=O) groups excluding carboxylic acids is 2. The van der Waals surface area contributed by atoms with Crippen molar-refractivity contribution in [3.05, 3.63) is 0 Å². The van der Waals surface area contributed by atoms with Gasteiger partial charge in [0.25, 0.3) is 0 Å². The molecule has 0 unspecified atom stereocenters. The summed E-state index contributed by atoms with van der Waals surface area (Å²) in [7, 11) is 0. The largest absolute Gasteiger partial charge is 0.508 e. The predicted molar refractivity (Wildman–Crippen MR) is 59.6 cm³/mol. The van der Waals surface area contributed by atoms with Gasteiger partial charge in [0.1, 0.15) is 13.2 Å². The topological polar surface area (TPSA) is 73.9 Å². The highest BCUT2D eigenvalue weighted by Crippen LogP contribution is 2.06. The highest BCUT2D eigenvalue weighted by atomic mass is 16.8.